The van der Waals surface area contributed by atoms with Gasteiger partial charge in [-0.2, -0.15) is 0 Å². The van der Waals surface area contributed by atoms with Crippen LogP contribution in [0, 0.1) is 0 Å². The quantitative estimate of drug-likeness (QED) is 0.745. The fraction of sp³-hybridized carbons (Fsp3) is 0.667. The summed E-state index contributed by atoms with van der Waals surface area (Å²) in [5.74, 6) is -1.30. The van der Waals surface area contributed by atoms with Crippen LogP contribution in [0.25, 0.3) is 0 Å². The van der Waals surface area contributed by atoms with Crippen molar-refractivity contribution >= 4 is 5.97 Å². The van der Waals surface area contributed by atoms with Gasteiger partial charge in [-0.25, -0.2) is 9.59 Å². The van der Waals surface area contributed by atoms with Crippen molar-refractivity contribution in [2.75, 3.05) is 19.7 Å². The fourth-order valence-electron chi connectivity index (χ4n) is 2.77. The smallest absolute Gasteiger partial charge is 0.352 e. The Balaban J connectivity index is 2.45. The van der Waals surface area contributed by atoms with Crippen LogP contribution in [0.3, 0.4) is 0 Å². The lowest BCUT2D eigenvalue weighted by molar-refractivity contribution is 0.0685. The summed E-state index contributed by atoms with van der Waals surface area (Å²) < 4.78 is 6.53. The highest BCUT2D eigenvalue weighted by Gasteiger charge is 2.23. The Hall–Kier alpha value is -1.93. The molecule has 2 heterocycles. The third-order valence-corrected chi connectivity index (χ3v) is 4.18. The summed E-state index contributed by atoms with van der Waals surface area (Å²) in [4.78, 5) is 40.4. The zero-order chi connectivity index (χ0) is 17.0. The van der Waals surface area contributed by atoms with Gasteiger partial charge in [0, 0.05) is 13.2 Å². The summed E-state index contributed by atoms with van der Waals surface area (Å²) in [6.45, 7) is 6.19. The van der Waals surface area contributed by atoms with E-state index in [1.165, 1.54) is 0 Å². The Morgan fingerprint density at radius 1 is 1.39 bits per heavy atom. The molecule has 8 heteroatoms. The lowest BCUT2D eigenvalue weighted by Crippen LogP contribution is -2.43. The summed E-state index contributed by atoms with van der Waals surface area (Å²) in [6.07, 6.45) is 1.51. The molecule has 1 unspecified atom stereocenters. The Morgan fingerprint density at radius 2 is 2.09 bits per heavy atom. The largest absolute Gasteiger partial charge is 0.477 e. The molecule has 1 aliphatic heterocycles. The number of nitrogens with one attached hydrogen (secondary N) is 1. The predicted octanol–water partition coefficient (Wildman–Crippen LogP) is 0.256. The monoisotopic (exact) mass is 325 g/mol. The van der Waals surface area contributed by atoms with Gasteiger partial charge in [0.15, 0.2) is 0 Å². The highest BCUT2D eigenvalue weighted by Crippen LogP contribution is 2.13. The third kappa shape index (κ3) is 3.89. The standard InChI is InChI=1S/C15H23N3O5/c1-3-17(4-2)9-11-12(14(20)21)16-15(22)18(13(11)19)8-10-6-5-7-23-10/h10H,3-9H2,1-2H3,(H,16,22)(H,20,21). The predicted molar refractivity (Wildman–Crippen MR) is 83.9 cm³/mol. The molecule has 1 atom stereocenters. The maximum atomic E-state index is 12.7. The highest BCUT2D eigenvalue weighted by atomic mass is 16.5. The number of aromatic amines is 1. The first-order valence-electron chi connectivity index (χ1n) is 7.91. The van der Waals surface area contributed by atoms with Crippen LogP contribution < -0.4 is 11.2 Å². The van der Waals surface area contributed by atoms with Crippen LogP contribution in [-0.4, -0.2) is 51.3 Å². The number of aromatic nitrogens is 2. The first-order chi connectivity index (χ1) is 11.0. The van der Waals surface area contributed by atoms with Crippen molar-refractivity contribution in [3.05, 3.63) is 32.1 Å². The molecule has 2 N–H and O–H groups in total. The minimum absolute atomic E-state index is 0.110. The lowest BCUT2D eigenvalue weighted by Gasteiger charge is -2.19. The van der Waals surface area contributed by atoms with E-state index in [1.54, 1.807) is 0 Å². The van der Waals surface area contributed by atoms with Crippen molar-refractivity contribution in [2.45, 2.75) is 45.9 Å². The van der Waals surface area contributed by atoms with Gasteiger partial charge in [0.25, 0.3) is 5.56 Å². The van der Waals surface area contributed by atoms with E-state index >= 15 is 0 Å². The van der Waals surface area contributed by atoms with Gasteiger partial charge in [-0.1, -0.05) is 13.8 Å². The maximum absolute atomic E-state index is 12.7. The molecule has 2 rings (SSSR count). The number of H-pyrrole nitrogens is 1. The Kier molecular flexibility index (Phi) is 5.73. The van der Waals surface area contributed by atoms with Gasteiger partial charge in [0.2, 0.25) is 0 Å². The van der Waals surface area contributed by atoms with Crippen LogP contribution in [0.5, 0.6) is 0 Å². The minimum Gasteiger partial charge on any atom is -0.477 e. The van der Waals surface area contributed by atoms with Crippen LogP contribution in [0.4, 0.5) is 0 Å². The number of ether oxygens (including phenoxy) is 1. The summed E-state index contributed by atoms with van der Waals surface area (Å²) >= 11 is 0. The topological polar surface area (TPSA) is 105 Å². The van der Waals surface area contributed by atoms with E-state index in [1.807, 2.05) is 18.7 Å². The molecular weight excluding hydrogens is 302 g/mol. The summed E-state index contributed by atoms with van der Waals surface area (Å²) in [6, 6.07) is 0. The first-order valence-corrected chi connectivity index (χ1v) is 7.91. The molecule has 0 spiro atoms. The second-order valence-corrected chi connectivity index (χ2v) is 5.60. The Morgan fingerprint density at radius 3 is 2.61 bits per heavy atom. The van der Waals surface area contributed by atoms with E-state index < -0.39 is 17.2 Å². The van der Waals surface area contributed by atoms with Crippen molar-refractivity contribution < 1.29 is 14.6 Å². The average molecular weight is 325 g/mol. The zero-order valence-corrected chi connectivity index (χ0v) is 13.5. The van der Waals surface area contributed by atoms with E-state index in [-0.39, 0.29) is 30.5 Å². The average Bonchev–Trinajstić information content (AvgIpc) is 3.03. The van der Waals surface area contributed by atoms with E-state index in [4.69, 9.17) is 4.74 Å². The normalized spacial score (nSPS) is 17.8. The number of hydrogen-bond acceptors (Lipinski definition) is 5. The third-order valence-electron chi connectivity index (χ3n) is 4.18. The Labute approximate surface area is 133 Å². The van der Waals surface area contributed by atoms with Gasteiger partial charge in [0.1, 0.15) is 5.69 Å². The van der Waals surface area contributed by atoms with Crippen LogP contribution in [-0.2, 0) is 17.8 Å². The summed E-state index contributed by atoms with van der Waals surface area (Å²) in [5.41, 5.74) is -1.46. The van der Waals surface area contributed by atoms with Crippen LogP contribution in [0.15, 0.2) is 9.59 Å². The van der Waals surface area contributed by atoms with Crippen LogP contribution >= 0.6 is 0 Å². The molecule has 0 saturated carbocycles. The van der Waals surface area contributed by atoms with Gasteiger partial charge in [0.05, 0.1) is 18.2 Å². The number of nitrogens with zero attached hydrogens (tertiary/aromatic N) is 2. The number of rotatable bonds is 7. The van der Waals surface area contributed by atoms with Gasteiger partial charge in [-0.3, -0.25) is 14.3 Å². The molecule has 1 saturated heterocycles. The molecule has 0 aromatic carbocycles. The second-order valence-electron chi connectivity index (χ2n) is 5.60. The molecule has 0 bridgehead atoms. The van der Waals surface area contributed by atoms with Crippen molar-refractivity contribution in [3.8, 4) is 0 Å². The lowest BCUT2D eigenvalue weighted by atomic mass is 10.2. The van der Waals surface area contributed by atoms with Gasteiger partial charge in [-0.05, 0) is 25.9 Å². The van der Waals surface area contributed by atoms with Gasteiger partial charge in [-0.15, -0.1) is 0 Å². The minimum atomic E-state index is -1.30. The van der Waals surface area contributed by atoms with Crippen molar-refractivity contribution in [3.63, 3.8) is 0 Å². The number of carboxylic acid groups (broad SMARTS) is 1. The first kappa shape index (κ1) is 17.4. The zero-order valence-electron chi connectivity index (χ0n) is 13.5. The van der Waals surface area contributed by atoms with Crippen LogP contribution in [0.1, 0.15) is 42.7 Å². The molecule has 1 fully saturated rings. The molecule has 0 aliphatic carbocycles. The molecular formula is C15H23N3O5. The molecule has 8 nitrogen and oxygen atoms in total. The maximum Gasteiger partial charge on any atom is 0.352 e. The van der Waals surface area contributed by atoms with Crippen LogP contribution in [0.2, 0.25) is 0 Å². The van der Waals surface area contributed by atoms with Crippen molar-refractivity contribution in [1.29, 1.82) is 0 Å². The molecule has 0 radical (unpaired) electrons. The summed E-state index contributed by atoms with van der Waals surface area (Å²) in [5, 5.41) is 9.29. The van der Waals surface area contributed by atoms with E-state index in [9.17, 15) is 19.5 Å². The molecule has 23 heavy (non-hydrogen) atoms. The number of hydrogen-bond donors (Lipinski definition) is 2. The van der Waals surface area contributed by atoms with Crippen molar-refractivity contribution in [1.82, 2.24) is 14.5 Å². The molecule has 1 aromatic heterocycles. The second kappa shape index (κ2) is 7.56. The molecule has 1 aliphatic rings. The van der Waals surface area contributed by atoms with E-state index in [2.05, 4.69) is 4.98 Å². The van der Waals surface area contributed by atoms with E-state index in [0.717, 1.165) is 17.4 Å². The highest BCUT2D eigenvalue weighted by molar-refractivity contribution is 5.86. The Bertz CT molecular complexity index is 669. The van der Waals surface area contributed by atoms with Crippen molar-refractivity contribution in [2.24, 2.45) is 0 Å². The molecule has 128 valence electrons. The SMILES string of the molecule is CCN(CC)Cc1c(C(=O)O)[nH]c(=O)n(CC2CCCO2)c1=O. The number of carbonyl (C=O) groups is 1. The number of carboxylic acids is 1. The van der Waals surface area contributed by atoms with Gasteiger partial charge >= 0.3 is 11.7 Å². The molecule has 1 aromatic rings. The van der Waals surface area contributed by atoms with Gasteiger partial charge < -0.3 is 14.8 Å². The fourth-order valence-corrected chi connectivity index (χ4v) is 2.77. The molecule has 0 amide bonds. The number of aromatic carboxylic acids is 1. The summed E-state index contributed by atoms with van der Waals surface area (Å²) in [7, 11) is 0. The van der Waals surface area contributed by atoms with E-state index in [0.29, 0.717) is 19.7 Å².